The number of aromatic nitrogens is 1. The lowest BCUT2D eigenvalue weighted by Crippen LogP contribution is -2.31. The first-order chi connectivity index (χ1) is 16.2. The van der Waals surface area contributed by atoms with Crippen LogP contribution < -0.4 is 19.9 Å². The Morgan fingerprint density at radius 2 is 2.00 bits per heavy atom. The lowest BCUT2D eigenvalue weighted by atomic mass is 9.93. The van der Waals surface area contributed by atoms with Crippen molar-refractivity contribution in [2.24, 2.45) is 5.73 Å². The zero-order valence-electron chi connectivity index (χ0n) is 19.9. The van der Waals surface area contributed by atoms with E-state index in [2.05, 4.69) is 26.2 Å². The summed E-state index contributed by atoms with van der Waals surface area (Å²) in [6.45, 7) is 8.23. The van der Waals surface area contributed by atoms with Crippen molar-refractivity contribution in [2.75, 3.05) is 7.11 Å². The zero-order valence-corrected chi connectivity index (χ0v) is 20.7. The fourth-order valence-corrected chi connectivity index (χ4v) is 4.31. The lowest BCUT2D eigenvalue weighted by Gasteiger charge is -2.18. The molecule has 0 aliphatic rings. The molecule has 0 aliphatic heterocycles. The molecule has 178 valence electrons. The predicted octanol–water partition coefficient (Wildman–Crippen LogP) is 5.69. The van der Waals surface area contributed by atoms with Crippen molar-refractivity contribution in [1.82, 2.24) is 4.98 Å². The van der Waals surface area contributed by atoms with Gasteiger partial charge in [0, 0.05) is 21.7 Å². The van der Waals surface area contributed by atoms with Crippen molar-refractivity contribution in [2.45, 2.75) is 45.8 Å². The molecule has 4 rings (SSSR count). The molecule has 1 atom stereocenters. The molecule has 2 aromatic heterocycles. The van der Waals surface area contributed by atoms with Gasteiger partial charge in [-0.15, -0.1) is 11.3 Å². The summed E-state index contributed by atoms with van der Waals surface area (Å²) >= 11 is 1.57. The van der Waals surface area contributed by atoms with Crippen LogP contribution in [0.15, 0.2) is 52.3 Å². The number of carbonyl (C=O) groups excluding carboxylic acids is 1. The molecular weight excluding hydrogens is 452 g/mol. The number of carbonyl (C=O) groups is 1. The van der Waals surface area contributed by atoms with Crippen LogP contribution in [0.5, 0.6) is 17.2 Å². The van der Waals surface area contributed by atoms with Gasteiger partial charge in [0.15, 0.2) is 28.4 Å². The summed E-state index contributed by atoms with van der Waals surface area (Å²) in [4.78, 5) is 16.2. The molecule has 8 heteroatoms. The van der Waals surface area contributed by atoms with Crippen LogP contribution in [0, 0.1) is 0 Å². The Labute approximate surface area is 202 Å². The highest BCUT2D eigenvalue weighted by atomic mass is 32.1. The molecule has 0 radical (unpaired) electrons. The van der Waals surface area contributed by atoms with E-state index in [9.17, 15) is 4.79 Å². The number of amides is 1. The largest absolute Gasteiger partial charge is 0.493 e. The van der Waals surface area contributed by atoms with Crippen LogP contribution in [0.25, 0.3) is 21.7 Å². The minimum Gasteiger partial charge on any atom is -0.493 e. The molecule has 7 nitrogen and oxygen atoms in total. The number of furan rings is 1. The maximum Gasteiger partial charge on any atom is 0.258 e. The van der Waals surface area contributed by atoms with Gasteiger partial charge < -0.3 is 24.4 Å². The van der Waals surface area contributed by atoms with Crippen LogP contribution >= 0.6 is 11.3 Å². The fourth-order valence-electron chi connectivity index (χ4n) is 3.31. The number of benzene rings is 2. The van der Waals surface area contributed by atoms with Gasteiger partial charge in [0.2, 0.25) is 0 Å². The van der Waals surface area contributed by atoms with Crippen LogP contribution in [-0.4, -0.2) is 24.1 Å². The Kier molecular flexibility index (Phi) is 6.52. The molecule has 4 aromatic rings. The monoisotopic (exact) mass is 480 g/mol. The van der Waals surface area contributed by atoms with Crippen LogP contribution in [0.4, 0.5) is 0 Å². The van der Waals surface area contributed by atoms with Crippen molar-refractivity contribution < 1.29 is 23.4 Å². The Balaban J connectivity index is 1.55. The van der Waals surface area contributed by atoms with Gasteiger partial charge in [-0.05, 0) is 37.3 Å². The number of hydrogen-bond donors (Lipinski definition) is 1. The molecule has 2 heterocycles. The second kappa shape index (κ2) is 9.38. The highest BCUT2D eigenvalue weighted by Crippen LogP contribution is 2.36. The Morgan fingerprint density at radius 3 is 2.68 bits per heavy atom. The van der Waals surface area contributed by atoms with Crippen molar-refractivity contribution in [3.8, 4) is 28.0 Å². The highest BCUT2D eigenvalue weighted by molar-refractivity contribution is 7.13. The minimum absolute atomic E-state index is 0.0142. The Morgan fingerprint density at radius 1 is 1.21 bits per heavy atom. The van der Waals surface area contributed by atoms with Crippen molar-refractivity contribution in [3.05, 3.63) is 59.1 Å². The summed E-state index contributed by atoms with van der Waals surface area (Å²) in [5, 5.41) is 3.85. The van der Waals surface area contributed by atoms with Crippen LogP contribution in [-0.2, 0) is 16.8 Å². The number of fused-ring (bicyclic) bond motifs is 1. The van der Waals surface area contributed by atoms with Crippen LogP contribution in [0.1, 0.15) is 39.0 Å². The number of nitrogens with two attached hydrogens (primary N) is 1. The first kappa shape index (κ1) is 23.6. The predicted molar refractivity (Wildman–Crippen MR) is 133 cm³/mol. The number of primary amides is 1. The van der Waals surface area contributed by atoms with E-state index in [1.54, 1.807) is 31.4 Å². The molecule has 34 heavy (non-hydrogen) atoms. The molecule has 0 saturated carbocycles. The molecular formula is C26H28N2O5S. The maximum atomic E-state index is 11.5. The third-order valence-electron chi connectivity index (χ3n) is 5.34. The Hall–Kier alpha value is -3.52. The zero-order chi connectivity index (χ0) is 24.5. The normalized spacial score (nSPS) is 12.5. The molecule has 0 saturated heterocycles. The Bertz CT molecular complexity index is 1320. The van der Waals surface area contributed by atoms with E-state index < -0.39 is 12.0 Å². The average molecular weight is 481 g/mol. The minimum atomic E-state index is -0.805. The first-order valence-electron chi connectivity index (χ1n) is 10.9. The van der Waals surface area contributed by atoms with Crippen LogP contribution in [0.2, 0.25) is 0 Å². The number of ether oxygens (including phenoxy) is 3. The quantitative estimate of drug-likeness (QED) is 0.348. The van der Waals surface area contributed by atoms with Crippen molar-refractivity contribution >= 4 is 28.2 Å². The molecule has 0 bridgehead atoms. The van der Waals surface area contributed by atoms with Gasteiger partial charge >= 0.3 is 0 Å². The van der Waals surface area contributed by atoms with E-state index in [-0.39, 0.29) is 12.0 Å². The van der Waals surface area contributed by atoms with E-state index in [4.69, 9.17) is 29.3 Å². The molecule has 2 aromatic carbocycles. The van der Waals surface area contributed by atoms with Crippen molar-refractivity contribution in [3.63, 3.8) is 0 Å². The summed E-state index contributed by atoms with van der Waals surface area (Å²) in [6.07, 6.45) is -0.805. The molecule has 0 fully saturated rings. The SMILES string of the molecule is COc1cccc(COc2ccc3oc(-c4nc(C(C)(C)C)cs4)cc3c2)c1OC(C)C(N)=O. The van der Waals surface area contributed by atoms with Gasteiger partial charge in [-0.25, -0.2) is 4.98 Å². The van der Waals surface area contributed by atoms with Gasteiger partial charge in [-0.2, -0.15) is 0 Å². The molecule has 1 unspecified atom stereocenters. The lowest BCUT2D eigenvalue weighted by molar-refractivity contribution is -0.124. The summed E-state index contributed by atoms with van der Waals surface area (Å²) in [6, 6.07) is 13.1. The average Bonchev–Trinajstić information content (AvgIpc) is 3.45. The number of hydrogen-bond acceptors (Lipinski definition) is 7. The third kappa shape index (κ3) is 5.02. The van der Waals surface area contributed by atoms with E-state index >= 15 is 0 Å². The summed E-state index contributed by atoms with van der Waals surface area (Å²) in [7, 11) is 1.54. The molecule has 2 N–H and O–H groups in total. The standard InChI is InChI=1S/C26H28N2O5S/c1-15(24(27)29)32-23-16(7-6-8-20(23)30-5)13-31-18-9-10-19-17(11-18)12-21(33-19)25-28-22(14-34-25)26(2,3)4/h6-12,14-15H,13H2,1-5H3,(H2,27,29). The fraction of sp³-hybridized carbons (Fsp3) is 0.308. The van der Waals surface area contributed by atoms with Gasteiger partial charge in [0.1, 0.15) is 17.9 Å². The van der Waals surface area contributed by atoms with Crippen LogP contribution in [0.3, 0.4) is 0 Å². The smallest absolute Gasteiger partial charge is 0.258 e. The maximum absolute atomic E-state index is 11.5. The number of methoxy groups -OCH3 is 1. The number of para-hydroxylation sites is 1. The van der Waals surface area contributed by atoms with E-state index in [0.29, 0.717) is 17.2 Å². The second-order valence-electron chi connectivity index (χ2n) is 9.00. The van der Waals surface area contributed by atoms with Crippen molar-refractivity contribution in [1.29, 1.82) is 0 Å². The summed E-state index contributed by atoms with van der Waals surface area (Å²) < 4.78 is 23.2. The van der Waals surface area contributed by atoms with E-state index in [1.165, 1.54) is 0 Å². The number of rotatable bonds is 8. The first-order valence-corrected chi connectivity index (χ1v) is 11.8. The van der Waals surface area contributed by atoms with Gasteiger partial charge in [0.05, 0.1) is 12.8 Å². The molecule has 0 spiro atoms. The topological polar surface area (TPSA) is 96.8 Å². The van der Waals surface area contributed by atoms with E-state index in [0.717, 1.165) is 33.0 Å². The summed E-state index contributed by atoms with van der Waals surface area (Å²) in [5.41, 5.74) is 7.88. The van der Waals surface area contributed by atoms with Gasteiger partial charge in [-0.3, -0.25) is 4.79 Å². The number of nitrogens with zero attached hydrogens (tertiary/aromatic N) is 1. The second-order valence-corrected chi connectivity index (χ2v) is 9.86. The summed E-state index contributed by atoms with van der Waals surface area (Å²) in [5.74, 6) is 1.78. The van der Waals surface area contributed by atoms with Gasteiger partial charge in [0.25, 0.3) is 5.91 Å². The molecule has 1 amide bonds. The molecule has 0 aliphatic carbocycles. The van der Waals surface area contributed by atoms with E-state index in [1.807, 2.05) is 36.4 Å². The third-order valence-corrected chi connectivity index (χ3v) is 6.20. The van der Waals surface area contributed by atoms with Gasteiger partial charge in [-0.1, -0.05) is 32.9 Å². The number of thiazole rings is 1. The highest BCUT2D eigenvalue weighted by Gasteiger charge is 2.20.